The van der Waals surface area contributed by atoms with Crippen molar-refractivity contribution in [2.45, 2.75) is 38.2 Å². The van der Waals surface area contributed by atoms with Crippen LogP contribution in [0.15, 0.2) is 18.2 Å². The summed E-state index contributed by atoms with van der Waals surface area (Å²) in [5, 5.41) is 11.0. The first-order chi connectivity index (χ1) is 11.5. The van der Waals surface area contributed by atoms with E-state index in [0.29, 0.717) is 4.90 Å². The molecule has 126 valence electrons. The molecule has 1 saturated carbocycles. The maximum atomic E-state index is 12.4. The molecule has 1 aliphatic heterocycles. The summed E-state index contributed by atoms with van der Waals surface area (Å²) in [5.74, 6) is -2.21. The standard InChI is InChI=1S/C16H16N2O6/c19-13(24-10-5-2-1-3-6-10)9-17-15(20)11-7-4-8-12(18(22)23)14(11)16(17)21/h4,7-8,10H,1-3,5-6,9H2. The number of carbonyl (C=O) groups is 3. The zero-order valence-electron chi connectivity index (χ0n) is 12.9. The molecular formula is C16H16N2O6. The van der Waals surface area contributed by atoms with Crippen molar-refractivity contribution in [2.75, 3.05) is 6.54 Å². The topological polar surface area (TPSA) is 107 Å². The van der Waals surface area contributed by atoms with E-state index in [0.717, 1.165) is 38.2 Å². The molecule has 8 nitrogen and oxygen atoms in total. The number of benzene rings is 1. The molecule has 1 fully saturated rings. The number of nitro benzene ring substituents is 1. The number of nitrogens with zero attached hydrogens (tertiary/aromatic N) is 2. The van der Waals surface area contributed by atoms with Crippen LogP contribution in [0.4, 0.5) is 5.69 Å². The molecule has 1 aliphatic carbocycles. The Morgan fingerprint density at radius 1 is 1.21 bits per heavy atom. The minimum Gasteiger partial charge on any atom is -0.461 e. The van der Waals surface area contributed by atoms with Gasteiger partial charge in [-0.1, -0.05) is 12.5 Å². The first-order valence-electron chi connectivity index (χ1n) is 7.82. The molecular weight excluding hydrogens is 316 g/mol. The normalized spacial score (nSPS) is 17.8. The fourth-order valence-electron chi connectivity index (χ4n) is 3.15. The highest BCUT2D eigenvalue weighted by Crippen LogP contribution is 2.30. The summed E-state index contributed by atoms with van der Waals surface area (Å²) >= 11 is 0. The molecule has 0 saturated heterocycles. The largest absolute Gasteiger partial charge is 0.461 e. The van der Waals surface area contributed by atoms with Gasteiger partial charge in [0.1, 0.15) is 18.2 Å². The predicted molar refractivity (Wildman–Crippen MR) is 81.4 cm³/mol. The zero-order chi connectivity index (χ0) is 17.3. The van der Waals surface area contributed by atoms with Gasteiger partial charge in [0.25, 0.3) is 17.5 Å². The molecule has 1 heterocycles. The van der Waals surface area contributed by atoms with Crippen LogP contribution < -0.4 is 0 Å². The average Bonchev–Trinajstić information content (AvgIpc) is 2.81. The number of rotatable bonds is 4. The van der Waals surface area contributed by atoms with E-state index in [1.54, 1.807) is 0 Å². The van der Waals surface area contributed by atoms with Gasteiger partial charge >= 0.3 is 5.97 Å². The lowest BCUT2D eigenvalue weighted by Gasteiger charge is -2.22. The van der Waals surface area contributed by atoms with E-state index in [4.69, 9.17) is 4.74 Å². The first-order valence-corrected chi connectivity index (χ1v) is 7.82. The summed E-state index contributed by atoms with van der Waals surface area (Å²) in [6.07, 6.45) is 4.44. The Labute approximate surface area is 137 Å². The minimum atomic E-state index is -0.831. The average molecular weight is 332 g/mol. The van der Waals surface area contributed by atoms with Crippen LogP contribution in [0.5, 0.6) is 0 Å². The molecule has 1 aromatic rings. The molecule has 0 aromatic heterocycles. The molecule has 0 radical (unpaired) electrons. The highest BCUT2D eigenvalue weighted by molar-refractivity contribution is 6.24. The van der Waals surface area contributed by atoms with Crippen molar-refractivity contribution in [3.63, 3.8) is 0 Å². The molecule has 0 N–H and O–H groups in total. The van der Waals surface area contributed by atoms with Crippen molar-refractivity contribution in [1.82, 2.24) is 4.90 Å². The summed E-state index contributed by atoms with van der Waals surface area (Å²) in [5.41, 5.74) is -0.758. The second-order valence-corrected chi connectivity index (χ2v) is 5.90. The number of imide groups is 1. The van der Waals surface area contributed by atoms with E-state index >= 15 is 0 Å². The van der Waals surface area contributed by atoms with E-state index in [2.05, 4.69) is 0 Å². The predicted octanol–water partition coefficient (Wildman–Crippen LogP) is 2.07. The molecule has 24 heavy (non-hydrogen) atoms. The van der Waals surface area contributed by atoms with Crippen molar-refractivity contribution in [3.8, 4) is 0 Å². The molecule has 2 amide bonds. The van der Waals surface area contributed by atoms with Crippen LogP contribution in [0, 0.1) is 10.1 Å². The SMILES string of the molecule is O=C(CN1C(=O)c2cccc([N+](=O)[O-])c2C1=O)OC1CCCCC1. The van der Waals surface area contributed by atoms with Gasteiger partial charge in [0.05, 0.1) is 10.5 Å². The number of amides is 2. The van der Waals surface area contributed by atoms with E-state index in [1.165, 1.54) is 12.1 Å². The third-order valence-corrected chi connectivity index (χ3v) is 4.31. The van der Waals surface area contributed by atoms with Crippen molar-refractivity contribution >= 4 is 23.5 Å². The lowest BCUT2D eigenvalue weighted by molar-refractivity contribution is -0.385. The van der Waals surface area contributed by atoms with E-state index in [-0.39, 0.29) is 17.2 Å². The van der Waals surface area contributed by atoms with Crippen LogP contribution in [0.3, 0.4) is 0 Å². The molecule has 3 rings (SSSR count). The fourth-order valence-corrected chi connectivity index (χ4v) is 3.15. The third-order valence-electron chi connectivity index (χ3n) is 4.31. The van der Waals surface area contributed by atoms with Crippen LogP contribution in [-0.4, -0.2) is 40.3 Å². The van der Waals surface area contributed by atoms with Gasteiger partial charge in [0.2, 0.25) is 0 Å². The molecule has 8 heteroatoms. The molecule has 0 bridgehead atoms. The van der Waals surface area contributed by atoms with Crippen LogP contribution >= 0.6 is 0 Å². The van der Waals surface area contributed by atoms with E-state index in [9.17, 15) is 24.5 Å². The highest BCUT2D eigenvalue weighted by atomic mass is 16.6. The lowest BCUT2D eigenvalue weighted by atomic mass is 9.98. The molecule has 1 aromatic carbocycles. The lowest BCUT2D eigenvalue weighted by Crippen LogP contribution is -2.37. The van der Waals surface area contributed by atoms with Gasteiger partial charge in [0, 0.05) is 6.07 Å². The molecule has 0 spiro atoms. The van der Waals surface area contributed by atoms with Gasteiger partial charge in [-0.05, 0) is 31.7 Å². The van der Waals surface area contributed by atoms with Crippen molar-refractivity contribution < 1.29 is 24.0 Å². The van der Waals surface area contributed by atoms with Gasteiger partial charge < -0.3 is 4.74 Å². The number of ether oxygens (including phenoxy) is 1. The Balaban J connectivity index is 1.75. The second kappa shape index (κ2) is 6.38. The zero-order valence-corrected chi connectivity index (χ0v) is 12.9. The number of esters is 1. The van der Waals surface area contributed by atoms with Crippen LogP contribution in [0.1, 0.15) is 52.8 Å². The Bertz CT molecular complexity index is 723. The minimum absolute atomic E-state index is 0.0559. The summed E-state index contributed by atoms with van der Waals surface area (Å²) < 4.78 is 5.31. The number of carbonyl (C=O) groups excluding carboxylic acids is 3. The Morgan fingerprint density at radius 3 is 2.58 bits per heavy atom. The van der Waals surface area contributed by atoms with Crippen LogP contribution in [0.2, 0.25) is 0 Å². The van der Waals surface area contributed by atoms with E-state index < -0.39 is 34.9 Å². The van der Waals surface area contributed by atoms with Gasteiger partial charge in [-0.15, -0.1) is 0 Å². The Hall–Kier alpha value is -2.77. The van der Waals surface area contributed by atoms with Gasteiger partial charge in [0.15, 0.2) is 0 Å². The van der Waals surface area contributed by atoms with Gasteiger partial charge in [-0.25, -0.2) is 0 Å². The number of fused-ring (bicyclic) bond motifs is 1. The second-order valence-electron chi connectivity index (χ2n) is 5.90. The summed E-state index contributed by atoms with van der Waals surface area (Å²) in [7, 11) is 0. The maximum Gasteiger partial charge on any atom is 0.326 e. The smallest absolute Gasteiger partial charge is 0.326 e. The maximum absolute atomic E-state index is 12.4. The first kappa shape index (κ1) is 16.1. The molecule has 2 aliphatic rings. The number of nitro groups is 1. The highest BCUT2D eigenvalue weighted by Gasteiger charge is 2.42. The van der Waals surface area contributed by atoms with Crippen LogP contribution in [-0.2, 0) is 9.53 Å². The number of hydrogen-bond acceptors (Lipinski definition) is 6. The van der Waals surface area contributed by atoms with Crippen molar-refractivity contribution in [2.24, 2.45) is 0 Å². The summed E-state index contributed by atoms with van der Waals surface area (Å²) in [6.45, 7) is -0.528. The van der Waals surface area contributed by atoms with Gasteiger partial charge in [-0.3, -0.25) is 29.4 Å². The number of hydrogen-bond donors (Lipinski definition) is 0. The summed E-state index contributed by atoms with van der Waals surface area (Å²) in [6, 6.07) is 3.84. The third kappa shape index (κ3) is 2.86. The molecule has 0 atom stereocenters. The van der Waals surface area contributed by atoms with Crippen molar-refractivity contribution in [3.05, 3.63) is 39.4 Å². The van der Waals surface area contributed by atoms with Gasteiger partial charge in [-0.2, -0.15) is 0 Å². The fraction of sp³-hybridized carbons (Fsp3) is 0.438. The quantitative estimate of drug-likeness (QED) is 0.361. The van der Waals surface area contributed by atoms with Crippen molar-refractivity contribution in [1.29, 1.82) is 0 Å². The Morgan fingerprint density at radius 2 is 1.92 bits per heavy atom. The monoisotopic (exact) mass is 332 g/mol. The van der Waals surface area contributed by atoms with Crippen LogP contribution in [0.25, 0.3) is 0 Å². The van der Waals surface area contributed by atoms with E-state index in [1.807, 2.05) is 0 Å². The Kier molecular flexibility index (Phi) is 4.28. The molecule has 0 unspecified atom stereocenters. The summed E-state index contributed by atoms with van der Waals surface area (Å²) in [4.78, 5) is 47.7.